The molecule has 6 rings (SSSR count). The summed E-state index contributed by atoms with van der Waals surface area (Å²) in [6.45, 7) is 14.9. The molecule has 1 N–H and O–H groups in total. The summed E-state index contributed by atoms with van der Waals surface area (Å²) in [4.78, 5) is 17.3. The molecule has 232 valence electrons. The van der Waals surface area contributed by atoms with Crippen LogP contribution in [0.25, 0.3) is 22.2 Å². The molecule has 0 radical (unpaired) electrons. The van der Waals surface area contributed by atoms with E-state index in [1.807, 2.05) is 6.07 Å². The molecule has 2 aromatic carbocycles. The lowest BCUT2D eigenvalue weighted by atomic mass is 9.81. The predicted molar refractivity (Wildman–Crippen MR) is 177 cm³/mol. The molecule has 0 spiro atoms. The number of aromatic nitrogens is 1. The average Bonchev–Trinajstić information content (AvgIpc) is 3.24. The minimum absolute atomic E-state index is 0.369. The number of ether oxygens (including phenoxy) is 1. The summed E-state index contributed by atoms with van der Waals surface area (Å²) in [5.74, 6) is 1.77. The van der Waals surface area contributed by atoms with E-state index >= 15 is 0 Å². The summed E-state index contributed by atoms with van der Waals surface area (Å²) >= 11 is 0. The van der Waals surface area contributed by atoms with E-state index in [9.17, 15) is 9.90 Å². The average molecular weight is 586 g/mol. The van der Waals surface area contributed by atoms with Crippen molar-refractivity contribution in [2.45, 2.75) is 97.6 Å². The fourth-order valence-electron chi connectivity index (χ4n) is 7.88. The van der Waals surface area contributed by atoms with Crippen molar-refractivity contribution in [3.05, 3.63) is 47.5 Å². The lowest BCUT2D eigenvalue weighted by Gasteiger charge is -2.36. The van der Waals surface area contributed by atoms with Gasteiger partial charge in [-0.05, 0) is 100 Å². The topological polar surface area (TPSA) is 57.9 Å². The van der Waals surface area contributed by atoms with E-state index in [0.717, 1.165) is 36.8 Å². The predicted octanol–water partition coefficient (Wildman–Crippen LogP) is 8.42. The molecule has 1 saturated heterocycles. The molecule has 43 heavy (non-hydrogen) atoms. The van der Waals surface area contributed by atoms with Crippen LogP contribution in [-0.2, 0) is 6.54 Å². The maximum atomic E-state index is 12.1. The maximum absolute atomic E-state index is 12.1. The Hall–Kier alpha value is -2.99. The molecule has 2 aliphatic heterocycles. The van der Waals surface area contributed by atoms with Gasteiger partial charge in [0, 0.05) is 60.4 Å². The summed E-state index contributed by atoms with van der Waals surface area (Å²) in [6, 6.07) is 13.2. The van der Waals surface area contributed by atoms with Crippen LogP contribution >= 0.6 is 0 Å². The van der Waals surface area contributed by atoms with Gasteiger partial charge in [-0.1, -0.05) is 39.2 Å². The number of benzene rings is 2. The van der Waals surface area contributed by atoms with Crippen molar-refractivity contribution in [3.8, 4) is 17.0 Å². The third-order valence-electron chi connectivity index (χ3n) is 10.2. The van der Waals surface area contributed by atoms with Gasteiger partial charge in [-0.2, -0.15) is 0 Å². The number of fused-ring (bicyclic) bond motifs is 5. The Labute approximate surface area is 258 Å². The number of carbonyl (C=O) groups is 1. The van der Waals surface area contributed by atoms with E-state index in [-0.39, 0.29) is 0 Å². The number of anilines is 1. The number of carboxylic acids is 1. The molecule has 3 heterocycles. The smallest absolute Gasteiger partial charge is 0.335 e. The molecule has 3 aromatic rings. The normalized spacial score (nSPS) is 20.0. The zero-order valence-electron chi connectivity index (χ0n) is 26.8. The molecule has 0 bridgehead atoms. The van der Waals surface area contributed by atoms with Crippen LogP contribution in [0.2, 0.25) is 0 Å². The summed E-state index contributed by atoms with van der Waals surface area (Å²) in [5.41, 5.74) is 6.73. The Morgan fingerprint density at radius 3 is 2.51 bits per heavy atom. The fraction of sp³-hybridized carbons (Fsp3) is 0.595. The number of carboxylic acid groups (broad SMARTS) is 1. The molecule has 6 nitrogen and oxygen atoms in total. The Morgan fingerprint density at radius 2 is 1.77 bits per heavy atom. The fourth-order valence-corrected chi connectivity index (χ4v) is 7.88. The van der Waals surface area contributed by atoms with Crippen molar-refractivity contribution in [3.63, 3.8) is 0 Å². The van der Waals surface area contributed by atoms with E-state index in [1.54, 1.807) is 6.07 Å². The van der Waals surface area contributed by atoms with Crippen LogP contribution in [0.4, 0.5) is 5.69 Å². The zero-order valence-corrected chi connectivity index (χ0v) is 26.8. The quantitative estimate of drug-likeness (QED) is 0.273. The molecule has 3 aliphatic rings. The molecular weight excluding hydrogens is 534 g/mol. The van der Waals surface area contributed by atoms with Crippen LogP contribution in [0.3, 0.4) is 0 Å². The van der Waals surface area contributed by atoms with E-state index in [2.05, 4.69) is 66.3 Å². The molecule has 1 saturated carbocycles. The SMILES string of the molecule is CC(C)COc1ccc2c(c1)N(CCC1CCCN(C(C)C)C1)CCn1c-2c(C2CCCCC2)c2ccc(C(=O)O)cc21. The van der Waals surface area contributed by atoms with Crippen LogP contribution in [0, 0.1) is 11.8 Å². The Bertz CT molecular complexity index is 1430. The second-order valence-corrected chi connectivity index (χ2v) is 14.0. The van der Waals surface area contributed by atoms with Gasteiger partial charge >= 0.3 is 5.97 Å². The molecule has 1 atom stereocenters. The third-order valence-corrected chi connectivity index (χ3v) is 10.2. The minimum Gasteiger partial charge on any atom is -0.493 e. The largest absolute Gasteiger partial charge is 0.493 e. The zero-order chi connectivity index (χ0) is 30.1. The molecule has 2 fully saturated rings. The monoisotopic (exact) mass is 585 g/mol. The van der Waals surface area contributed by atoms with Gasteiger partial charge in [-0.25, -0.2) is 4.79 Å². The molecule has 0 amide bonds. The highest BCUT2D eigenvalue weighted by Gasteiger charge is 2.31. The molecule has 1 aliphatic carbocycles. The second kappa shape index (κ2) is 12.9. The number of nitrogens with zero attached hydrogens (tertiary/aromatic N) is 3. The van der Waals surface area contributed by atoms with Gasteiger partial charge in [0.1, 0.15) is 5.75 Å². The van der Waals surface area contributed by atoms with Crippen LogP contribution in [-0.4, -0.2) is 59.4 Å². The van der Waals surface area contributed by atoms with E-state index in [1.165, 1.54) is 92.4 Å². The van der Waals surface area contributed by atoms with Crippen molar-refractivity contribution in [2.75, 3.05) is 37.7 Å². The van der Waals surface area contributed by atoms with Gasteiger partial charge in [0.05, 0.1) is 17.9 Å². The maximum Gasteiger partial charge on any atom is 0.335 e. The molecule has 1 unspecified atom stereocenters. The van der Waals surface area contributed by atoms with Crippen LogP contribution in [0.1, 0.15) is 101 Å². The number of aromatic carboxylic acids is 1. The third kappa shape index (κ3) is 6.31. The first-order valence-electron chi connectivity index (χ1n) is 17.0. The van der Waals surface area contributed by atoms with Crippen molar-refractivity contribution in [1.82, 2.24) is 9.47 Å². The van der Waals surface area contributed by atoms with Gasteiger partial charge in [-0.3, -0.25) is 0 Å². The Morgan fingerprint density at radius 1 is 0.953 bits per heavy atom. The highest BCUT2D eigenvalue weighted by Crippen LogP contribution is 2.48. The lowest BCUT2D eigenvalue weighted by molar-refractivity contribution is 0.0697. The van der Waals surface area contributed by atoms with Gasteiger partial charge < -0.3 is 24.2 Å². The van der Waals surface area contributed by atoms with E-state index < -0.39 is 5.97 Å². The van der Waals surface area contributed by atoms with Crippen LogP contribution < -0.4 is 9.64 Å². The first kappa shape index (κ1) is 30.1. The summed E-state index contributed by atoms with van der Waals surface area (Å²) in [7, 11) is 0. The Balaban J connectivity index is 1.43. The van der Waals surface area contributed by atoms with Gasteiger partial charge in [-0.15, -0.1) is 0 Å². The number of likely N-dealkylation sites (tertiary alicyclic amines) is 1. The molecular formula is C37H51N3O3. The Kier molecular flexibility index (Phi) is 9.04. The van der Waals surface area contributed by atoms with E-state index in [0.29, 0.717) is 30.0 Å². The molecule has 6 heteroatoms. The van der Waals surface area contributed by atoms with Gasteiger partial charge in [0.2, 0.25) is 0 Å². The number of piperidine rings is 1. The van der Waals surface area contributed by atoms with Crippen molar-refractivity contribution in [1.29, 1.82) is 0 Å². The van der Waals surface area contributed by atoms with Crippen molar-refractivity contribution < 1.29 is 14.6 Å². The van der Waals surface area contributed by atoms with Gasteiger partial charge in [0.15, 0.2) is 0 Å². The first-order chi connectivity index (χ1) is 20.8. The van der Waals surface area contributed by atoms with Crippen LogP contribution in [0.15, 0.2) is 36.4 Å². The highest BCUT2D eigenvalue weighted by atomic mass is 16.5. The second-order valence-electron chi connectivity index (χ2n) is 14.0. The van der Waals surface area contributed by atoms with Crippen molar-refractivity contribution >= 4 is 22.6 Å². The minimum atomic E-state index is -0.859. The van der Waals surface area contributed by atoms with Gasteiger partial charge in [0.25, 0.3) is 0 Å². The summed E-state index contributed by atoms with van der Waals surface area (Å²) < 4.78 is 8.75. The highest BCUT2D eigenvalue weighted by molar-refractivity contribution is 5.99. The van der Waals surface area contributed by atoms with Crippen molar-refractivity contribution in [2.24, 2.45) is 11.8 Å². The number of hydrogen-bond acceptors (Lipinski definition) is 4. The summed E-state index contributed by atoms with van der Waals surface area (Å²) in [5, 5.41) is 11.1. The standard InChI is InChI=1S/C37H51N3O3/c1-25(2)24-43-30-13-15-32-33(22-30)38(18-16-27-9-8-17-39(23-27)26(3)4)19-20-40-34-21-29(37(41)42)12-14-31(34)35(36(32)40)28-10-6-5-7-11-28/h12-15,21-22,25-28H,5-11,16-20,23-24H2,1-4H3,(H,41,42). The lowest BCUT2D eigenvalue weighted by Crippen LogP contribution is -2.41. The number of hydrogen-bond donors (Lipinski definition) is 1. The first-order valence-corrected chi connectivity index (χ1v) is 17.0. The summed E-state index contributed by atoms with van der Waals surface area (Å²) in [6.07, 6.45) is 10.0. The molecule has 1 aromatic heterocycles. The number of rotatable bonds is 9. The van der Waals surface area contributed by atoms with Crippen LogP contribution in [0.5, 0.6) is 5.75 Å². The van der Waals surface area contributed by atoms with E-state index in [4.69, 9.17) is 4.74 Å².